The van der Waals surface area contributed by atoms with Gasteiger partial charge in [0.25, 0.3) is 0 Å². The van der Waals surface area contributed by atoms with E-state index in [4.69, 9.17) is 22.5 Å². The molecule has 0 aliphatic carbocycles. The fraction of sp³-hybridized carbons (Fsp3) is 0. The molecular formula is C5H6ClN3O2S. The van der Waals surface area contributed by atoms with Gasteiger partial charge in [0.05, 0.1) is 0 Å². The summed E-state index contributed by atoms with van der Waals surface area (Å²) < 4.78 is 21.6. The van der Waals surface area contributed by atoms with Crippen molar-refractivity contribution in [2.24, 2.45) is 5.14 Å². The summed E-state index contributed by atoms with van der Waals surface area (Å²) in [5.74, 6) is -0.190. The molecule has 0 aromatic carbocycles. The van der Waals surface area contributed by atoms with Crippen molar-refractivity contribution in [2.75, 3.05) is 5.73 Å². The predicted octanol–water partition coefficient (Wildman–Crippen LogP) is -0.0354. The van der Waals surface area contributed by atoms with E-state index in [2.05, 4.69) is 4.98 Å². The number of rotatable bonds is 1. The van der Waals surface area contributed by atoms with Crippen LogP contribution in [0.5, 0.6) is 0 Å². The van der Waals surface area contributed by atoms with Crippen molar-refractivity contribution in [3.63, 3.8) is 0 Å². The monoisotopic (exact) mass is 207 g/mol. The van der Waals surface area contributed by atoms with Crippen LogP contribution in [-0.4, -0.2) is 13.4 Å². The largest absolute Gasteiger partial charge is 0.383 e. The first-order valence-corrected chi connectivity index (χ1v) is 4.78. The maximum atomic E-state index is 10.8. The lowest BCUT2D eigenvalue weighted by Crippen LogP contribution is -2.14. The number of pyridine rings is 1. The number of anilines is 1. The molecule has 0 atom stereocenters. The molecule has 5 nitrogen and oxygen atoms in total. The van der Waals surface area contributed by atoms with Gasteiger partial charge in [-0.1, -0.05) is 11.6 Å². The second kappa shape index (κ2) is 2.89. The van der Waals surface area contributed by atoms with Crippen LogP contribution < -0.4 is 10.9 Å². The molecule has 0 amide bonds. The SMILES string of the molecule is Nc1nc(Cl)ccc1S(N)(=O)=O. The van der Waals surface area contributed by atoms with E-state index in [1.165, 1.54) is 12.1 Å². The average molecular weight is 208 g/mol. The van der Waals surface area contributed by atoms with Gasteiger partial charge in [0.15, 0.2) is 0 Å². The molecule has 0 unspecified atom stereocenters. The molecule has 0 bridgehead atoms. The number of hydrogen-bond acceptors (Lipinski definition) is 4. The summed E-state index contributed by atoms with van der Waals surface area (Å²) in [6.07, 6.45) is 0. The van der Waals surface area contributed by atoms with Gasteiger partial charge >= 0.3 is 0 Å². The van der Waals surface area contributed by atoms with Crippen molar-refractivity contribution in [1.82, 2.24) is 4.98 Å². The minimum Gasteiger partial charge on any atom is -0.383 e. The van der Waals surface area contributed by atoms with Crippen LogP contribution in [0.2, 0.25) is 5.15 Å². The highest BCUT2D eigenvalue weighted by molar-refractivity contribution is 7.89. The van der Waals surface area contributed by atoms with E-state index < -0.39 is 10.0 Å². The highest BCUT2D eigenvalue weighted by Crippen LogP contribution is 2.16. The lowest BCUT2D eigenvalue weighted by Gasteiger charge is -2.00. The Morgan fingerprint density at radius 2 is 2.00 bits per heavy atom. The molecule has 66 valence electrons. The van der Waals surface area contributed by atoms with E-state index in [1.807, 2.05) is 0 Å². The number of halogens is 1. The molecule has 4 N–H and O–H groups in total. The molecule has 0 fully saturated rings. The highest BCUT2D eigenvalue weighted by Gasteiger charge is 2.12. The molecule has 0 aliphatic heterocycles. The summed E-state index contributed by atoms with van der Waals surface area (Å²) in [6.45, 7) is 0. The van der Waals surface area contributed by atoms with Gasteiger partial charge in [0, 0.05) is 0 Å². The Kier molecular flexibility index (Phi) is 2.22. The van der Waals surface area contributed by atoms with Crippen molar-refractivity contribution in [1.29, 1.82) is 0 Å². The lowest BCUT2D eigenvalue weighted by molar-refractivity contribution is 0.598. The van der Waals surface area contributed by atoms with Crippen LogP contribution >= 0.6 is 11.6 Å². The van der Waals surface area contributed by atoms with Crippen molar-refractivity contribution in [3.05, 3.63) is 17.3 Å². The summed E-state index contributed by atoms with van der Waals surface area (Å²) in [4.78, 5) is 3.31. The summed E-state index contributed by atoms with van der Waals surface area (Å²) in [5.41, 5.74) is 5.25. The second-order valence-corrected chi connectivity index (χ2v) is 3.98. The first-order chi connectivity index (χ1) is 5.41. The van der Waals surface area contributed by atoms with E-state index in [0.717, 1.165) is 0 Å². The molecule has 0 spiro atoms. The molecule has 1 aromatic heterocycles. The van der Waals surface area contributed by atoms with Crippen LogP contribution in [-0.2, 0) is 10.0 Å². The predicted molar refractivity (Wildman–Crippen MR) is 45.0 cm³/mol. The quantitative estimate of drug-likeness (QED) is 0.632. The highest BCUT2D eigenvalue weighted by atomic mass is 35.5. The molecule has 12 heavy (non-hydrogen) atoms. The zero-order valence-corrected chi connectivity index (χ0v) is 7.43. The fourth-order valence-electron chi connectivity index (χ4n) is 0.678. The lowest BCUT2D eigenvalue weighted by atomic mass is 10.5. The van der Waals surface area contributed by atoms with E-state index in [1.54, 1.807) is 0 Å². The standard InChI is InChI=1S/C5H6ClN3O2S/c6-4-2-1-3(5(7)9-4)12(8,10)11/h1-2H,(H2,7,9)(H2,8,10,11). The topological polar surface area (TPSA) is 99.1 Å². The molecule has 0 saturated heterocycles. The average Bonchev–Trinajstić information content (AvgIpc) is 1.83. The molecule has 7 heteroatoms. The van der Waals surface area contributed by atoms with Gasteiger partial charge < -0.3 is 5.73 Å². The van der Waals surface area contributed by atoms with Crippen LogP contribution in [0, 0.1) is 0 Å². The smallest absolute Gasteiger partial charge is 0.241 e. The van der Waals surface area contributed by atoms with Gasteiger partial charge in [0.1, 0.15) is 15.9 Å². The fourth-order valence-corrected chi connectivity index (χ4v) is 1.43. The van der Waals surface area contributed by atoms with Crippen LogP contribution in [0.15, 0.2) is 17.0 Å². The van der Waals surface area contributed by atoms with Crippen LogP contribution in [0.4, 0.5) is 5.82 Å². The Hall–Kier alpha value is -0.850. The Balaban J connectivity index is 3.39. The molecule has 1 aromatic rings. The van der Waals surface area contributed by atoms with Gasteiger partial charge in [-0.15, -0.1) is 0 Å². The summed E-state index contributed by atoms with van der Waals surface area (Å²) in [6, 6.07) is 2.51. The van der Waals surface area contributed by atoms with Gasteiger partial charge in [-0.25, -0.2) is 18.5 Å². The van der Waals surface area contributed by atoms with Gasteiger partial charge in [-0.3, -0.25) is 0 Å². The molecule has 0 radical (unpaired) electrons. The van der Waals surface area contributed by atoms with Crippen molar-refractivity contribution < 1.29 is 8.42 Å². The maximum absolute atomic E-state index is 10.8. The number of nitrogen functional groups attached to an aromatic ring is 1. The summed E-state index contributed by atoms with van der Waals surface area (Å²) >= 11 is 5.44. The molecule has 1 heterocycles. The molecular weight excluding hydrogens is 202 g/mol. The van der Waals surface area contributed by atoms with Crippen LogP contribution in [0.3, 0.4) is 0 Å². The van der Waals surface area contributed by atoms with E-state index >= 15 is 0 Å². The number of nitrogens with two attached hydrogens (primary N) is 2. The minimum absolute atomic E-state index is 0.125. The number of primary sulfonamides is 1. The maximum Gasteiger partial charge on any atom is 0.241 e. The van der Waals surface area contributed by atoms with Gasteiger partial charge in [-0.05, 0) is 12.1 Å². The first-order valence-electron chi connectivity index (χ1n) is 2.86. The second-order valence-electron chi connectivity index (χ2n) is 2.06. The molecule has 0 aliphatic rings. The zero-order chi connectivity index (χ0) is 9.35. The van der Waals surface area contributed by atoms with Crippen molar-refractivity contribution in [3.8, 4) is 0 Å². The van der Waals surface area contributed by atoms with Gasteiger partial charge in [-0.2, -0.15) is 0 Å². The third-order valence-corrected chi connectivity index (χ3v) is 2.33. The third kappa shape index (κ3) is 1.84. The number of nitrogens with zero attached hydrogens (tertiary/aromatic N) is 1. The Bertz CT molecular complexity index is 403. The van der Waals surface area contributed by atoms with Crippen molar-refractivity contribution in [2.45, 2.75) is 4.90 Å². The summed E-state index contributed by atoms with van der Waals surface area (Å²) in [7, 11) is -3.80. The number of hydrogen-bond donors (Lipinski definition) is 2. The Morgan fingerprint density at radius 1 is 1.42 bits per heavy atom. The first kappa shape index (κ1) is 9.24. The van der Waals surface area contributed by atoms with E-state index in [9.17, 15) is 8.42 Å². The van der Waals surface area contributed by atoms with E-state index in [-0.39, 0.29) is 15.9 Å². The third-order valence-electron chi connectivity index (χ3n) is 1.16. The Morgan fingerprint density at radius 3 is 2.42 bits per heavy atom. The molecule has 0 saturated carbocycles. The minimum atomic E-state index is -3.80. The normalized spacial score (nSPS) is 11.5. The Labute approximate surface area is 74.4 Å². The number of sulfonamides is 1. The number of aromatic nitrogens is 1. The summed E-state index contributed by atoms with van der Waals surface area (Å²) in [5, 5.41) is 4.94. The molecule has 1 rings (SSSR count). The van der Waals surface area contributed by atoms with E-state index in [0.29, 0.717) is 0 Å². The zero-order valence-electron chi connectivity index (χ0n) is 5.86. The van der Waals surface area contributed by atoms with Crippen LogP contribution in [0.25, 0.3) is 0 Å². The van der Waals surface area contributed by atoms with Crippen molar-refractivity contribution >= 4 is 27.4 Å². The van der Waals surface area contributed by atoms with Gasteiger partial charge in [0.2, 0.25) is 10.0 Å². The van der Waals surface area contributed by atoms with Crippen LogP contribution in [0.1, 0.15) is 0 Å².